The lowest BCUT2D eigenvalue weighted by atomic mass is 10.2. The summed E-state index contributed by atoms with van der Waals surface area (Å²) in [6.45, 7) is 1.53. The third kappa shape index (κ3) is 4.80. The summed E-state index contributed by atoms with van der Waals surface area (Å²) in [4.78, 5) is 20.0. The van der Waals surface area contributed by atoms with Gasteiger partial charge in [-0.15, -0.1) is 0 Å². The van der Waals surface area contributed by atoms with E-state index in [1.54, 1.807) is 12.4 Å². The van der Waals surface area contributed by atoms with E-state index >= 15 is 0 Å². The van der Waals surface area contributed by atoms with E-state index in [1.807, 2.05) is 48.5 Å². The summed E-state index contributed by atoms with van der Waals surface area (Å²) >= 11 is -1.25. The van der Waals surface area contributed by atoms with Gasteiger partial charge in [-0.05, 0) is 30.2 Å². The number of carbonyl (C=O) groups is 1. The lowest BCUT2D eigenvalue weighted by Crippen LogP contribution is -2.17. The zero-order valence-electron chi connectivity index (χ0n) is 14.5. The number of carbonyl (C=O) groups excluding carboxylic acids is 1. The maximum absolute atomic E-state index is 13.0. The highest BCUT2D eigenvalue weighted by atomic mass is 32.2. The Bertz CT molecular complexity index is 837. The maximum atomic E-state index is 13.0. The van der Waals surface area contributed by atoms with Crippen LogP contribution in [0.25, 0.3) is 11.5 Å². The van der Waals surface area contributed by atoms with Crippen LogP contribution in [0, 0.1) is 0 Å². The van der Waals surface area contributed by atoms with Crippen molar-refractivity contribution in [2.45, 2.75) is 30.8 Å². The van der Waals surface area contributed by atoms with Crippen LogP contribution in [0.4, 0.5) is 0 Å². The zero-order valence-corrected chi connectivity index (χ0v) is 15.3. The molecule has 5 nitrogen and oxygen atoms in total. The van der Waals surface area contributed by atoms with E-state index in [0.717, 1.165) is 5.56 Å². The molecule has 0 aliphatic heterocycles. The van der Waals surface area contributed by atoms with Crippen LogP contribution in [0.1, 0.15) is 36.5 Å². The smallest absolute Gasteiger partial charge is 0.248 e. The molecule has 0 spiro atoms. The third-order valence-corrected chi connectivity index (χ3v) is 5.63. The molecular weight excluding hydrogens is 348 g/mol. The first-order valence-electron chi connectivity index (χ1n) is 8.41. The quantitative estimate of drug-likeness (QED) is 0.559. The average molecular weight is 368 g/mol. The minimum Gasteiger partial charge on any atom is -0.615 e. The van der Waals surface area contributed by atoms with Gasteiger partial charge in [0.2, 0.25) is 5.89 Å². The Morgan fingerprint density at radius 1 is 1.15 bits per heavy atom. The van der Waals surface area contributed by atoms with Gasteiger partial charge in [-0.3, -0.25) is 4.98 Å². The molecule has 2 unspecified atom stereocenters. The standard InChI is InChI=1S/C20H20N2O3S/c1-15(23)10-11-19(26(24)14-16-7-3-2-4-8-16)20-22-13-18(25-20)17-9-5-6-12-21-17/h2-9,12-13,19H,10-11,14H2,1H3. The van der Waals surface area contributed by atoms with Crippen LogP contribution in [0.3, 0.4) is 0 Å². The summed E-state index contributed by atoms with van der Waals surface area (Å²) in [6, 6.07) is 15.2. The first kappa shape index (κ1) is 18.4. The Balaban J connectivity index is 1.81. The summed E-state index contributed by atoms with van der Waals surface area (Å²) in [5.74, 6) is 1.37. The van der Waals surface area contributed by atoms with Gasteiger partial charge in [0.05, 0.1) is 6.20 Å². The van der Waals surface area contributed by atoms with Crippen molar-refractivity contribution in [1.82, 2.24) is 9.97 Å². The predicted molar refractivity (Wildman–Crippen MR) is 101 cm³/mol. The number of nitrogens with zero attached hydrogens (tertiary/aromatic N) is 2. The number of hydrogen-bond acceptors (Lipinski definition) is 5. The molecule has 1 aromatic carbocycles. The Morgan fingerprint density at radius 2 is 1.92 bits per heavy atom. The molecule has 2 heterocycles. The minimum atomic E-state index is -1.25. The highest BCUT2D eigenvalue weighted by Gasteiger charge is 2.30. The monoisotopic (exact) mass is 368 g/mol. The molecule has 0 saturated carbocycles. The largest absolute Gasteiger partial charge is 0.615 e. The Labute approximate surface area is 155 Å². The topological polar surface area (TPSA) is 79.0 Å². The fourth-order valence-corrected chi connectivity index (χ4v) is 4.04. The van der Waals surface area contributed by atoms with Crippen LogP contribution in [-0.4, -0.2) is 20.3 Å². The van der Waals surface area contributed by atoms with Crippen molar-refractivity contribution < 1.29 is 13.8 Å². The SMILES string of the molecule is CC(=O)CCC(c1ncc(-c2ccccn2)o1)[S+]([O-])Cc1ccccc1. The molecule has 0 aliphatic rings. The molecule has 0 radical (unpaired) electrons. The molecule has 3 rings (SSSR count). The summed E-state index contributed by atoms with van der Waals surface area (Å²) < 4.78 is 18.8. The highest BCUT2D eigenvalue weighted by molar-refractivity contribution is 7.90. The maximum Gasteiger partial charge on any atom is 0.248 e. The predicted octanol–water partition coefficient (Wildman–Crippen LogP) is 4.10. The molecule has 26 heavy (non-hydrogen) atoms. The van der Waals surface area contributed by atoms with Crippen LogP contribution < -0.4 is 0 Å². The molecule has 3 aromatic rings. The van der Waals surface area contributed by atoms with Crippen LogP contribution >= 0.6 is 0 Å². The van der Waals surface area contributed by atoms with E-state index in [2.05, 4.69) is 9.97 Å². The second-order valence-electron chi connectivity index (χ2n) is 6.02. The number of oxazole rings is 1. The lowest BCUT2D eigenvalue weighted by molar-refractivity contribution is -0.117. The van der Waals surface area contributed by atoms with Gasteiger partial charge in [-0.1, -0.05) is 36.4 Å². The summed E-state index contributed by atoms with van der Waals surface area (Å²) in [5, 5.41) is -0.434. The van der Waals surface area contributed by atoms with Crippen LogP contribution in [-0.2, 0) is 21.7 Å². The number of rotatable bonds is 8. The van der Waals surface area contributed by atoms with Gasteiger partial charge in [0, 0.05) is 24.6 Å². The number of ketones is 1. The Kier molecular flexibility index (Phi) is 6.20. The summed E-state index contributed by atoms with van der Waals surface area (Å²) in [5.41, 5.74) is 1.65. The second-order valence-corrected chi connectivity index (χ2v) is 7.64. The van der Waals surface area contributed by atoms with Gasteiger partial charge in [0.1, 0.15) is 17.2 Å². The molecule has 0 fully saturated rings. The van der Waals surface area contributed by atoms with Gasteiger partial charge in [-0.25, -0.2) is 4.98 Å². The van der Waals surface area contributed by atoms with E-state index in [1.165, 1.54) is 6.92 Å². The fourth-order valence-electron chi connectivity index (χ4n) is 2.60. The molecular formula is C20H20N2O3S. The molecule has 0 amide bonds. The van der Waals surface area contributed by atoms with E-state index in [9.17, 15) is 9.35 Å². The van der Waals surface area contributed by atoms with Gasteiger partial charge in [0.15, 0.2) is 11.0 Å². The zero-order chi connectivity index (χ0) is 18.4. The van der Waals surface area contributed by atoms with Gasteiger partial charge >= 0.3 is 0 Å². The molecule has 2 atom stereocenters. The number of Topliss-reactive ketones (excluding diaryl/α,β-unsaturated/α-hetero) is 1. The summed E-state index contributed by atoms with van der Waals surface area (Å²) in [6.07, 6.45) is 4.06. The van der Waals surface area contributed by atoms with E-state index in [-0.39, 0.29) is 5.78 Å². The number of aromatic nitrogens is 2. The van der Waals surface area contributed by atoms with Gasteiger partial charge in [-0.2, -0.15) is 0 Å². The van der Waals surface area contributed by atoms with E-state index < -0.39 is 16.4 Å². The first-order chi connectivity index (χ1) is 12.6. The third-order valence-electron chi connectivity index (χ3n) is 3.94. The molecule has 134 valence electrons. The van der Waals surface area contributed by atoms with Crippen LogP contribution in [0.15, 0.2) is 65.3 Å². The van der Waals surface area contributed by atoms with Crippen molar-refractivity contribution >= 4 is 17.0 Å². The summed E-state index contributed by atoms with van der Waals surface area (Å²) in [7, 11) is 0. The van der Waals surface area contributed by atoms with Gasteiger partial charge < -0.3 is 13.8 Å². The van der Waals surface area contributed by atoms with Crippen molar-refractivity contribution in [3.05, 3.63) is 72.4 Å². The van der Waals surface area contributed by atoms with Crippen molar-refractivity contribution in [2.75, 3.05) is 0 Å². The van der Waals surface area contributed by atoms with E-state index in [0.29, 0.717) is 35.9 Å². The van der Waals surface area contributed by atoms with Crippen LogP contribution in [0.5, 0.6) is 0 Å². The van der Waals surface area contributed by atoms with Crippen molar-refractivity contribution in [3.63, 3.8) is 0 Å². The Hall–Kier alpha value is -2.44. The molecule has 0 saturated heterocycles. The second kappa shape index (κ2) is 8.78. The van der Waals surface area contributed by atoms with Crippen molar-refractivity contribution in [3.8, 4) is 11.5 Å². The normalized spacial score (nSPS) is 13.3. The lowest BCUT2D eigenvalue weighted by Gasteiger charge is -2.19. The Morgan fingerprint density at radius 3 is 2.62 bits per heavy atom. The average Bonchev–Trinajstić information content (AvgIpc) is 3.13. The van der Waals surface area contributed by atoms with E-state index in [4.69, 9.17) is 4.42 Å². The van der Waals surface area contributed by atoms with Crippen LogP contribution in [0.2, 0.25) is 0 Å². The minimum absolute atomic E-state index is 0.0585. The molecule has 0 aliphatic carbocycles. The number of hydrogen-bond donors (Lipinski definition) is 0. The molecule has 2 aromatic heterocycles. The highest BCUT2D eigenvalue weighted by Crippen LogP contribution is 2.32. The molecule has 6 heteroatoms. The number of pyridine rings is 1. The first-order valence-corrected chi connectivity index (χ1v) is 9.79. The molecule has 0 bridgehead atoms. The molecule has 0 N–H and O–H groups in total. The fraction of sp³-hybridized carbons (Fsp3) is 0.250. The van der Waals surface area contributed by atoms with Gasteiger partial charge in [0.25, 0.3) is 0 Å². The number of benzene rings is 1. The van der Waals surface area contributed by atoms with Crippen molar-refractivity contribution in [1.29, 1.82) is 0 Å². The van der Waals surface area contributed by atoms with Crippen molar-refractivity contribution in [2.24, 2.45) is 0 Å².